The monoisotopic (exact) mass is 210 g/mol. The Labute approximate surface area is 92.7 Å². The summed E-state index contributed by atoms with van der Waals surface area (Å²) >= 11 is 0. The van der Waals surface area contributed by atoms with Gasteiger partial charge in [0.05, 0.1) is 18.2 Å². The number of hydrogen-bond donors (Lipinski definition) is 1. The van der Waals surface area contributed by atoms with Crippen LogP contribution in [0.3, 0.4) is 0 Å². The van der Waals surface area contributed by atoms with Crippen molar-refractivity contribution in [3.63, 3.8) is 0 Å². The van der Waals surface area contributed by atoms with E-state index in [0.29, 0.717) is 19.1 Å². The minimum Gasteiger partial charge on any atom is -0.389 e. The van der Waals surface area contributed by atoms with Crippen LogP contribution in [0, 0.1) is 11.3 Å². The van der Waals surface area contributed by atoms with E-state index in [0.717, 1.165) is 6.42 Å². The molecule has 0 spiro atoms. The molecular formula is C12H22N2O. The molecule has 0 heterocycles. The molecule has 3 nitrogen and oxygen atoms in total. The van der Waals surface area contributed by atoms with Crippen LogP contribution < -0.4 is 0 Å². The third-order valence-corrected chi connectivity index (χ3v) is 3.42. The third-order valence-electron chi connectivity index (χ3n) is 3.42. The fraction of sp³-hybridized carbons (Fsp3) is 0.917. The van der Waals surface area contributed by atoms with Crippen molar-refractivity contribution in [3.05, 3.63) is 0 Å². The lowest BCUT2D eigenvalue weighted by atomic mass is 10.0. The standard InChI is InChI=1S/C12H22N2O/c1-3-12(2,15)10-14(9-8-13)11-6-4-5-7-11/h11,15H,3-7,9-10H2,1-2H3. The van der Waals surface area contributed by atoms with Crippen molar-refractivity contribution < 1.29 is 5.11 Å². The van der Waals surface area contributed by atoms with Crippen LogP contribution in [0.2, 0.25) is 0 Å². The first-order chi connectivity index (χ1) is 7.09. The first-order valence-corrected chi connectivity index (χ1v) is 5.92. The summed E-state index contributed by atoms with van der Waals surface area (Å²) in [5.41, 5.74) is -0.653. The second-order valence-corrected chi connectivity index (χ2v) is 4.85. The predicted molar refractivity (Wildman–Crippen MR) is 60.4 cm³/mol. The molecule has 1 unspecified atom stereocenters. The molecule has 1 rings (SSSR count). The maximum Gasteiger partial charge on any atom is 0.0869 e. The number of aliphatic hydroxyl groups is 1. The Morgan fingerprint density at radius 1 is 1.47 bits per heavy atom. The molecule has 1 aliphatic carbocycles. The molecule has 1 atom stereocenters. The number of nitrogens with zero attached hydrogens (tertiary/aromatic N) is 2. The van der Waals surface area contributed by atoms with Gasteiger partial charge in [0.25, 0.3) is 0 Å². The second-order valence-electron chi connectivity index (χ2n) is 4.85. The molecule has 0 amide bonds. The smallest absolute Gasteiger partial charge is 0.0869 e. The van der Waals surface area contributed by atoms with E-state index in [1.807, 2.05) is 13.8 Å². The van der Waals surface area contributed by atoms with E-state index in [1.165, 1.54) is 25.7 Å². The summed E-state index contributed by atoms with van der Waals surface area (Å²) < 4.78 is 0. The number of nitriles is 1. The van der Waals surface area contributed by atoms with E-state index in [4.69, 9.17) is 5.26 Å². The fourth-order valence-corrected chi connectivity index (χ4v) is 2.22. The molecule has 1 N–H and O–H groups in total. The maximum absolute atomic E-state index is 10.0. The molecule has 15 heavy (non-hydrogen) atoms. The largest absolute Gasteiger partial charge is 0.389 e. The number of rotatable bonds is 5. The highest BCUT2D eigenvalue weighted by Crippen LogP contribution is 2.25. The maximum atomic E-state index is 10.0. The molecule has 0 bridgehead atoms. The average molecular weight is 210 g/mol. The molecule has 3 heteroatoms. The van der Waals surface area contributed by atoms with Gasteiger partial charge in [-0.05, 0) is 26.2 Å². The Kier molecular flexibility index (Phi) is 4.56. The molecule has 86 valence electrons. The first-order valence-electron chi connectivity index (χ1n) is 5.92. The van der Waals surface area contributed by atoms with Gasteiger partial charge in [0, 0.05) is 12.6 Å². The van der Waals surface area contributed by atoms with Crippen LogP contribution >= 0.6 is 0 Å². The van der Waals surface area contributed by atoms with E-state index < -0.39 is 5.60 Å². The Morgan fingerprint density at radius 3 is 2.53 bits per heavy atom. The van der Waals surface area contributed by atoms with Gasteiger partial charge in [-0.25, -0.2) is 0 Å². The van der Waals surface area contributed by atoms with E-state index in [9.17, 15) is 5.11 Å². The van der Waals surface area contributed by atoms with Gasteiger partial charge in [0.2, 0.25) is 0 Å². The summed E-state index contributed by atoms with van der Waals surface area (Å²) in [6.07, 6.45) is 5.63. The Hall–Kier alpha value is -0.590. The highest BCUT2D eigenvalue weighted by Gasteiger charge is 2.28. The summed E-state index contributed by atoms with van der Waals surface area (Å²) in [5, 5.41) is 18.8. The first kappa shape index (κ1) is 12.5. The van der Waals surface area contributed by atoms with Gasteiger partial charge in [-0.2, -0.15) is 5.26 Å². The molecule has 0 aromatic heterocycles. The van der Waals surface area contributed by atoms with E-state index in [1.54, 1.807) is 0 Å². The molecule has 1 saturated carbocycles. The van der Waals surface area contributed by atoms with Gasteiger partial charge in [0.15, 0.2) is 0 Å². The third kappa shape index (κ3) is 3.81. The van der Waals surface area contributed by atoms with Gasteiger partial charge in [-0.15, -0.1) is 0 Å². The van der Waals surface area contributed by atoms with E-state index in [2.05, 4.69) is 11.0 Å². The Bertz CT molecular complexity index is 226. The topological polar surface area (TPSA) is 47.3 Å². The number of hydrogen-bond acceptors (Lipinski definition) is 3. The summed E-state index contributed by atoms with van der Waals surface area (Å²) in [4.78, 5) is 2.15. The summed E-state index contributed by atoms with van der Waals surface area (Å²) in [6.45, 7) is 4.91. The lowest BCUT2D eigenvalue weighted by Crippen LogP contribution is -2.45. The van der Waals surface area contributed by atoms with Crippen LogP contribution in [-0.2, 0) is 0 Å². The summed E-state index contributed by atoms with van der Waals surface area (Å²) in [5.74, 6) is 0. The molecule has 1 fully saturated rings. The van der Waals surface area contributed by atoms with Crippen LogP contribution in [-0.4, -0.2) is 34.7 Å². The van der Waals surface area contributed by atoms with Crippen molar-refractivity contribution in [2.24, 2.45) is 0 Å². The van der Waals surface area contributed by atoms with E-state index >= 15 is 0 Å². The minimum absolute atomic E-state index is 0.445. The van der Waals surface area contributed by atoms with Crippen LogP contribution in [0.4, 0.5) is 0 Å². The van der Waals surface area contributed by atoms with Gasteiger partial charge < -0.3 is 5.11 Å². The fourth-order valence-electron chi connectivity index (χ4n) is 2.22. The molecule has 0 aliphatic heterocycles. The zero-order valence-corrected chi connectivity index (χ0v) is 9.87. The lowest BCUT2D eigenvalue weighted by molar-refractivity contribution is 0.00816. The van der Waals surface area contributed by atoms with Crippen LogP contribution in [0.25, 0.3) is 0 Å². The van der Waals surface area contributed by atoms with Crippen molar-refractivity contribution >= 4 is 0 Å². The van der Waals surface area contributed by atoms with Gasteiger partial charge >= 0.3 is 0 Å². The molecular weight excluding hydrogens is 188 g/mol. The quantitative estimate of drug-likeness (QED) is 0.705. The normalized spacial score (nSPS) is 21.5. The average Bonchev–Trinajstić information content (AvgIpc) is 2.70. The molecule has 0 radical (unpaired) electrons. The highest BCUT2D eigenvalue weighted by atomic mass is 16.3. The van der Waals surface area contributed by atoms with Crippen molar-refractivity contribution in [1.29, 1.82) is 5.26 Å². The second kappa shape index (κ2) is 5.48. The molecule has 0 aromatic rings. The zero-order chi connectivity index (χ0) is 11.3. The lowest BCUT2D eigenvalue weighted by Gasteiger charge is -2.33. The zero-order valence-electron chi connectivity index (χ0n) is 9.87. The van der Waals surface area contributed by atoms with Crippen molar-refractivity contribution in [3.8, 4) is 6.07 Å². The van der Waals surface area contributed by atoms with Crippen LogP contribution in [0.15, 0.2) is 0 Å². The van der Waals surface area contributed by atoms with Gasteiger partial charge in [0.1, 0.15) is 0 Å². The van der Waals surface area contributed by atoms with Crippen LogP contribution in [0.5, 0.6) is 0 Å². The molecule has 0 saturated heterocycles. The van der Waals surface area contributed by atoms with Crippen molar-refractivity contribution in [2.45, 2.75) is 57.6 Å². The van der Waals surface area contributed by atoms with Crippen molar-refractivity contribution in [1.82, 2.24) is 4.90 Å². The van der Waals surface area contributed by atoms with Gasteiger partial charge in [-0.3, -0.25) is 4.90 Å². The highest BCUT2D eigenvalue weighted by molar-refractivity contribution is 4.88. The van der Waals surface area contributed by atoms with Gasteiger partial charge in [-0.1, -0.05) is 19.8 Å². The molecule has 1 aliphatic rings. The van der Waals surface area contributed by atoms with Crippen LogP contribution in [0.1, 0.15) is 46.0 Å². The Balaban J connectivity index is 2.53. The van der Waals surface area contributed by atoms with Crippen molar-refractivity contribution in [2.75, 3.05) is 13.1 Å². The SMILES string of the molecule is CCC(C)(O)CN(CC#N)C1CCCC1. The molecule has 0 aromatic carbocycles. The predicted octanol–water partition coefficient (Wildman–Crippen LogP) is 1.92. The summed E-state index contributed by atoms with van der Waals surface area (Å²) in [6, 6.07) is 2.72. The summed E-state index contributed by atoms with van der Waals surface area (Å²) in [7, 11) is 0. The van der Waals surface area contributed by atoms with E-state index in [-0.39, 0.29) is 0 Å². The minimum atomic E-state index is -0.653. The Morgan fingerprint density at radius 2 is 2.07 bits per heavy atom.